The van der Waals surface area contributed by atoms with Gasteiger partial charge in [-0.15, -0.1) is 0 Å². The van der Waals surface area contributed by atoms with E-state index in [0.717, 1.165) is 25.2 Å². The molecule has 0 aliphatic rings. The van der Waals surface area contributed by atoms with Crippen molar-refractivity contribution in [3.05, 3.63) is 0 Å². The highest BCUT2D eigenvalue weighted by Crippen LogP contribution is 2.34. The van der Waals surface area contributed by atoms with Gasteiger partial charge in [-0.2, -0.15) is 0 Å². The Morgan fingerprint density at radius 3 is 2.13 bits per heavy atom. The Morgan fingerprint density at radius 1 is 1.07 bits per heavy atom. The molecule has 0 aliphatic carbocycles. The molecule has 2 atom stereocenters. The first kappa shape index (κ1) is 15.1. The molecule has 0 saturated carbocycles. The molecule has 0 aliphatic heterocycles. The quantitative estimate of drug-likeness (QED) is 0.522. The summed E-state index contributed by atoms with van der Waals surface area (Å²) in [5, 5.41) is -0.442. The first-order valence-corrected chi connectivity index (χ1v) is 6.49. The van der Waals surface area contributed by atoms with Crippen molar-refractivity contribution in [1.82, 2.24) is 0 Å². The third kappa shape index (κ3) is 7.99. The Kier molecular flexibility index (Phi) is 7.48. The van der Waals surface area contributed by atoms with E-state index in [4.69, 9.17) is 15.7 Å². The van der Waals surface area contributed by atoms with E-state index in [1.807, 2.05) is 0 Å². The van der Waals surface area contributed by atoms with Crippen LogP contribution >= 0.6 is 0 Å². The molecule has 0 bridgehead atoms. The minimum Gasteiger partial charge on any atom is -0.0987 e. The first-order valence-electron chi connectivity index (χ1n) is 6.49. The summed E-state index contributed by atoms with van der Waals surface area (Å²) in [7, 11) is 12.2. The maximum atomic E-state index is 6.10. The van der Waals surface area contributed by atoms with Crippen molar-refractivity contribution in [3.63, 3.8) is 0 Å². The molecular formula is C13H26B2. The predicted molar refractivity (Wildman–Crippen MR) is 71.6 cm³/mol. The van der Waals surface area contributed by atoms with Crippen LogP contribution in [0.4, 0.5) is 0 Å². The summed E-state index contributed by atoms with van der Waals surface area (Å²) in [6.07, 6.45) is 6.73. The van der Waals surface area contributed by atoms with Gasteiger partial charge in [-0.3, -0.25) is 0 Å². The lowest BCUT2D eigenvalue weighted by molar-refractivity contribution is 0.363. The van der Waals surface area contributed by atoms with Crippen LogP contribution in [0.2, 0.25) is 5.21 Å². The molecule has 0 aromatic carbocycles. The maximum Gasteiger partial charge on any atom is 0.0620 e. The number of unbranched alkanes of at least 4 members (excludes halogenated alkanes) is 1. The fourth-order valence-electron chi connectivity index (χ4n) is 2.19. The molecule has 15 heavy (non-hydrogen) atoms. The monoisotopic (exact) mass is 204 g/mol. The highest BCUT2D eigenvalue weighted by molar-refractivity contribution is 6.39. The van der Waals surface area contributed by atoms with Crippen LogP contribution in [0.3, 0.4) is 0 Å². The fraction of sp³-hybridized carbons (Fsp3) is 1.00. The third-order valence-corrected chi connectivity index (χ3v) is 3.23. The van der Waals surface area contributed by atoms with Crippen molar-refractivity contribution in [3.8, 4) is 0 Å². The first-order chi connectivity index (χ1) is 6.91. The van der Waals surface area contributed by atoms with E-state index >= 15 is 0 Å². The van der Waals surface area contributed by atoms with Gasteiger partial charge in [0.05, 0.1) is 15.7 Å². The van der Waals surface area contributed by atoms with E-state index in [2.05, 4.69) is 27.7 Å². The molecule has 84 valence electrons. The van der Waals surface area contributed by atoms with E-state index in [1.54, 1.807) is 0 Å². The summed E-state index contributed by atoms with van der Waals surface area (Å²) in [6.45, 7) is 9.00. The van der Waals surface area contributed by atoms with Gasteiger partial charge < -0.3 is 0 Å². The molecule has 0 rings (SSSR count). The maximum absolute atomic E-state index is 6.10. The summed E-state index contributed by atoms with van der Waals surface area (Å²) < 4.78 is 0. The summed E-state index contributed by atoms with van der Waals surface area (Å²) >= 11 is 0. The van der Waals surface area contributed by atoms with Crippen molar-refractivity contribution in [1.29, 1.82) is 0 Å². The number of rotatable bonds is 8. The minimum absolute atomic E-state index is 0.442. The van der Waals surface area contributed by atoms with Crippen LogP contribution in [0, 0.1) is 11.8 Å². The smallest absolute Gasteiger partial charge is 0.0620 e. The molecule has 0 N–H and O–H groups in total. The predicted octanol–water partition coefficient (Wildman–Crippen LogP) is 4.09. The van der Waals surface area contributed by atoms with Crippen LogP contribution < -0.4 is 0 Å². The molecule has 0 fully saturated rings. The molecule has 2 heteroatoms. The van der Waals surface area contributed by atoms with Crippen molar-refractivity contribution in [2.45, 2.75) is 71.4 Å². The van der Waals surface area contributed by atoms with Gasteiger partial charge in [0.2, 0.25) is 0 Å². The molecule has 0 heterocycles. The van der Waals surface area contributed by atoms with Crippen molar-refractivity contribution < 1.29 is 0 Å². The lowest BCUT2D eigenvalue weighted by Crippen LogP contribution is -2.18. The van der Waals surface area contributed by atoms with Crippen LogP contribution in [0.25, 0.3) is 0 Å². The molecule has 2 unspecified atom stereocenters. The highest BCUT2D eigenvalue weighted by atomic mass is 14.2. The Hall–Kier alpha value is 0.130. The average Bonchev–Trinajstić information content (AvgIpc) is 2.13. The summed E-state index contributed by atoms with van der Waals surface area (Å²) in [5.41, 5.74) is 0. The van der Waals surface area contributed by atoms with E-state index in [1.165, 1.54) is 19.3 Å². The van der Waals surface area contributed by atoms with E-state index in [9.17, 15) is 0 Å². The molecule has 0 nitrogen and oxygen atoms in total. The number of hydrogen-bond donors (Lipinski definition) is 0. The van der Waals surface area contributed by atoms with Crippen molar-refractivity contribution >= 4 is 15.7 Å². The second kappa shape index (κ2) is 7.41. The summed E-state index contributed by atoms with van der Waals surface area (Å²) in [6, 6.07) is 0. The molecule has 0 spiro atoms. The summed E-state index contributed by atoms with van der Waals surface area (Å²) in [5.74, 6) is 1.44. The average molecular weight is 204 g/mol. The zero-order valence-corrected chi connectivity index (χ0v) is 11.1. The Morgan fingerprint density at radius 2 is 1.67 bits per heavy atom. The van der Waals surface area contributed by atoms with E-state index in [0.29, 0.717) is 5.92 Å². The minimum atomic E-state index is -0.442. The van der Waals surface area contributed by atoms with Gasteiger partial charge in [0.25, 0.3) is 0 Å². The zero-order valence-electron chi connectivity index (χ0n) is 11.1. The largest absolute Gasteiger partial charge is 0.0987 e. The van der Waals surface area contributed by atoms with E-state index < -0.39 is 5.21 Å². The second-order valence-electron chi connectivity index (χ2n) is 5.40. The number of hydrogen-bond acceptors (Lipinski definition) is 0. The molecule has 0 saturated heterocycles. The normalized spacial score (nSPS) is 16.3. The standard InChI is InChI=1S/C13H26B2/c1-5-7-8-13(14,15)10-12(4)9-11(3)6-2/h11-12H,5-10H2,1-4H3. The van der Waals surface area contributed by atoms with Crippen LogP contribution in [0.15, 0.2) is 0 Å². The third-order valence-electron chi connectivity index (χ3n) is 3.23. The molecule has 0 aromatic rings. The van der Waals surface area contributed by atoms with Crippen molar-refractivity contribution in [2.75, 3.05) is 0 Å². The van der Waals surface area contributed by atoms with Crippen LogP contribution in [-0.2, 0) is 0 Å². The molecular weight excluding hydrogens is 178 g/mol. The Labute approximate surface area is 99.4 Å². The van der Waals surface area contributed by atoms with Crippen LogP contribution in [0.5, 0.6) is 0 Å². The fourth-order valence-corrected chi connectivity index (χ4v) is 2.19. The second-order valence-corrected chi connectivity index (χ2v) is 5.40. The van der Waals surface area contributed by atoms with Gasteiger partial charge >= 0.3 is 0 Å². The van der Waals surface area contributed by atoms with Gasteiger partial charge in [0, 0.05) is 0 Å². The van der Waals surface area contributed by atoms with Gasteiger partial charge in [0.15, 0.2) is 0 Å². The topological polar surface area (TPSA) is 0 Å². The summed E-state index contributed by atoms with van der Waals surface area (Å²) in [4.78, 5) is 0. The lowest BCUT2D eigenvalue weighted by Gasteiger charge is -2.30. The Balaban J connectivity index is 3.86. The SMILES string of the molecule is [B]C([B])(CCCC)CC(C)CC(C)CC. The van der Waals surface area contributed by atoms with Gasteiger partial charge in [-0.05, 0) is 18.3 Å². The van der Waals surface area contributed by atoms with Gasteiger partial charge in [-0.1, -0.05) is 65.0 Å². The molecule has 0 aromatic heterocycles. The molecule has 0 amide bonds. The zero-order chi connectivity index (χ0) is 11.9. The van der Waals surface area contributed by atoms with Crippen molar-refractivity contribution in [2.24, 2.45) is 11.8 Å². The highest BCUT2D eigenvalue weighted by Gasteiger charge is 2.20. The van der Waals surface area contributed by atoms with Gasteiger partial charge in [0.1, 0.15) is 0 Å². The molecule has 4 radical (unpaired) electrons. The Bertz CT molecular complexity index is 155. The van der Waals surface area contributed by atoms with Gasteiger partial charge in [-0.25, -0.2) is 0 Å². The lowest BCUT2D eigenvalue weighted by atomic mass is 9.49. The van der Waals surface area contributed by atoms with Crippen LogP contribution in [0.1, 0.15) is 66.2 Å². The van der Waals surface area contributed by atoms with E-state index in [-0.39, 0.29) is 0 Å². The van der Waals surface area contributed by atoms with Crippen LogP contribution in [-0.4, -0.2) is 15.7 Å².